The van der Waals surface area contributed by atoms with Crippen LogP contribution in [0.3, 0.4) is 0 Å². The van der Waals surface area contributed by atoms with Crippen LogP contribution in [0.4, 0.5) is 5.69 Å². The minimum atomic E-state index is -0.0628. The molecule has 0 N–H and O–H groups in total. The van der Waals surface area contributed by atoms with Gasteiger partial charge in [0.1, 0.15) is 11.6 Å². The van der Waals surface area contributed by atoms with E-state index in [1.54, 1.807) is 13.2 Å². The van der Waals surface area contributed by atoms with Crippen LogP contribution < -0.4 is 9.64 Å². The maximum atomic E-state index is 13.8. The monoisotopic (exact) mass is 447 g/mol. The first-order valence-electron chi connectivity index (χ1n) is 11.9. The minimum Gasteiger partial charge on any atom is -0.497 e. The normalized spacial score (nSPS) is 15.0. The van der Waals surface area contributed by atoms with Crippen LogP contribution in [0.25, 0.3) is 0 Å². The lowest BCUT2D eigenvalue weighted by Gasteiger charge is -2.30. The molecule has 1 saturated heterocycles. The van der Waals surface area contributed by atoms with Gasteiger partial charge in [0.2, 0.25) is 0 Å². The maximum absolute atomic E-state index is 13.8. The van der Waals surface area contributed by atoms with Crippen molar-refractivity contribution in [1.29, 1.82) is 0 Å². The average molecular weight is 448 g/mol. The molecule has 33 heavy (non-hydrogen) atoms. The molecule has 1 aliphatic rings. The second-order valence-electron chi connectivity index (χ2n) is 8.82. The van der Waals surface area contributed by atoms with Crippen molar-refractivity contribution in [2.75, 3.05) is 31.6 Å². The zero-order valence-electron chi connectivity index (χ0n) is 20.7. The Morgan fingerprint density at radius 1 is 1.12 bits per heavy atom. The van der Waals surface area contributed by atoms with E-state index in [9.17, 15) is 4.79 Å². The molecule has 5 nitrogen and oxygen atoms in total. The molecule has 2 aromatic carbocycles. The number of hydrogen-bond acceptors (Lipinski definition) is 3. The van der Waals surface area contributed by atoms with Crippen LogP contribution >= 0.6 is 0 Å². The predicted molar refractivity (Wildman–Crippen MR) is 137 cm³/mol. The van der Waals surface area contributed by atoms with Crippen LogP contribution in [0.1, 0.15) is 68.8 Å². The van der Waals surface area contributed by atoms with E-state index >= 15 is 0 Å². The number of ether oxygens (including phenoxy) is 1. The van der Waals surface area contributed by atoms with Crippen molar-refractivity contribution in [3.05, 3.63) is 71.4 Å². The van der Waals surface area contributed by atoms with Crippen LogP contribution in [0.15, 0.2) is 65.3 Å². The zero-order chi connectivity index (χ0) is 23.8. The Labute approximate surface area is 198 Å². The van der Waals surface area contributed by atoms with Crippen molar-refractivity contribution in [1.82, 2.24) is 4.90 Å². The van der Waals surface area contributed by atoms with Crippen molar-refractivity contribution in [3.8, 4) is 5.75 Å². The fourth-order valence-electron chi connectivity index (χ4n) is 4.25. The number of hydrogen-bond donors (Lipinski definition) is 0. The van der Waals surface area contributed by atoms with E-state index in [4.69, 9.17) is 9.73 Å². The van der Waals surface area contributed by atoms with Gasteiger partial charge in [0.05, 0.1) is 19.4 Å². The van der Waals surface area contributed by atoms with E-state index in [0.717, 1.165) is 35.9 Å². The summed E-state index contributed by atoms with van der Waals surface area (Å²) in [6.45, 7) is 10.9. The smallest absolute Gasteiger partial charge is 0.258 e. The lowest BCUT2D eigenvalue weighted by atomic mass is 9.99. The molecule has 0 radical (unpaired) electrons. The Morgan fingerprint density at radius 2 is 1.85 bits per heavy atom. The number of para-hydroxylation sites is 1. The van der Waals surface area contributed by atoms with Gasteiger partial charge in [-0.05, 0) is 68.9 Å². The molecule has 0 atom stereocenters. The van der Waals surface area contributed by atoms with Crippen LogP contribution in [0.5, 0.6) is 5.75 Å². The molecule has 0 aromatic heterocycles. The molecule has 1 amide bonds. The second kappa shape index (κ2) is 11.7. The molecule has 1 fully saturated rings. The zero-order valence-corrected chi connectivity index (χ0v) is 20.7. The third-order valence-corrected chi connectivity index (χ3v) is 6.18. The van der Waals surface area contributed by atoms with Crippen molar-refractivity contribution < 1.29 is 9.53 Å². The quantitative estimate of drug-likeness (QED) is 0.371. The van der Waals surface area contributed by atoms with Gasteiger partial charge in [-0.15, -0.1) is 0 Å². The highest BCUT2D eigenvalue weighted by Gasteiger charge is 2.23. The molecule has 0 unspecified atom stereocenters. The summed E-state index contributed by atoms with van der Waals surface area (Å²) in [4.78, 5) is 23.0. The van der Waals surface area contributed by atoms with E-state index < -0.39 is 0 Å². The summed E-state index contributed by atoms with van der Waals surface area (Å²) in [7, 11) is 1.62. The summed E-state index contributed by atoms with van der Waals surface area (Å²) in [6.07, 6.45) is 5.72. The molecule has 2 aromatic rings. The average Bonchev–Trinajstić information content (AvgIpc) is 2.86. The number of aliphatic imine (C=N–C) groups is 1. The molecule has 1 heterocycles. The molecule has 1 aliphatic heterocycles. The summed E-state index contributed by atoms with van der Waals surface area (Å²) in [5.74, 6) is 1.92. The Bertz CT molecular complexity index is 1000. The van der Waals surface area contributed by atoms with Gasteiger partial charge in [0, 0.05) is 24.3 Å². The second-order valence-corrected chi connectivity index (χ2v) is 8.82. The van der Waals surface area contributed by atoms with E-state index in [2.05, 4.69) is 31.7 Å². The number of anilines is 1. The number of amidine groups is 1. The van der Waals surface area contributed by atoms with Crippen molar-refractivity contribution in [3.63, 3.8) is 0 Å². The van der Waals surface area contributed by atoms with Gasteiger partial charge >= 0.3 is 0 Å². The molecule has 176 valence electrons. The minimum absolute atomic E-state index is 0.0628. The maximum Gasteiger partial charge on any atom is 0.258 e. The SMILES string of the molecule is C/C=C(/CN(C(=O)c1cccc(OC)c1)c1ccccc1C(C)C)N=C(C)N1CCCCC1. The van der Waals surface area contributed by atoms with E-state index in [0.29, 0.717) is 17.9 Å². The third kappa shape index (κ3) is 6.25. The number of carbonyl (C=O) groups is 1. The summed E-state index contributed by atoms with van der Waals surface area (Å²) in [5.41, 5.74) is 3.54. The molecule has 0 spiro atoms. The fraction of sp³-hybridized carbons (Fsp3) is 0.429. The third-order valence-electron chi connectivity index (χ3n) is 6.18. The number of nitrogens with zero attached hydrogens (tertiary/aromatic N) is 3. The number of benzene rings is 2. The van der Waals surface area contributed by atoms with E-state index in [1.807, 2.05) is 54.3 Å². The topological polar surface area (TPSA) is 45.1 Å². The number of carbonyl (C=O) groups excluding carboxylic acids is 1. The lowest BCUT2D eigenvalue weighted by Crippen LogP contribution is -2.36. The van der Waals surface area contributed by atoms with E-state index in [1.165, 1.54) is 19.3 Å². The van der Waals surface area contributed by atoms with Gasteiger partial charge < -0.3 is 14.5 Å². The van der Waals surface area contributed by atoms with Crippen LogP contribution in [-0.4, -0.2) is 43.4 Å². The van der Waals surface area contributed by atoms with Gasteiger partial charge in [-0.25, -0.2) is 4.99 Å². The van der Waals surface area contributed by atoms with E-state index in [-0.39, 0.29) is 11.8 Å². The van der Waals surface area contributed by atoms with Gasteiger partial charge in [-0.2, -0.15) is 0 Å². The first-order chi connectivity index (χ1) is 15.9. The molecular formula is C28H37N3O2. The number of allylic oxidation sites excluding steroid dienone is 1. The van der Waals surface area contributed by atoms with Crippen molar-refractivity contribution in [2.24, 2.45) is 4.99 Å². The van der Waals surface area contributed by atoms with Crippen LogP contribution in [-0.2, 0) is 0 Å². The lowest BCUT2D eigenvalue weighted by molar-refractivity contribution is 0.0988. The van der Waals surface area contributed by atoms with Crippen molar-refractivity contribution >= 4 is 17.4 Å². The molecule has 0 saturated carbocycles. The number of methoxy groups -OCH3 is 1. The molecule has 5 heteroatoms. The highest BCUT2D eigenvalue weighted by Crippen LogP contribution is 2.30. The summed E-state index contributed by atoms with van der Waals surface area (Å²) in [6, 6.07) is 15.5. The largest absolute Gasteiger partial charge is 0.497 e. The van der Waals surface area contributed by atoms with Gasteiger partial charge in [-0.1, -0.05) is 44.2 Å². The predicted octanol–water partition coefficient (Wildman–Crippen LogP) is 6.27. The van der Waals surface area contributed by atoms with Gasteiger partial charge in [0.25, 0.3) is 5.91 Å². The molecular weight excluding hydrogens is 410 g/mol. The fourth-order valence-corrected chi connectivity index (χ4v) is 4.25. The molecule has 3 rings (SSSR count). The Kier molecular flexibility index (Phi) is 8.70. The number of amides is 1. The Balaban J connectivity index is 1.98. The summed E-state index contributed by atoms with van der Waals surface area (Å²) >= 11 is 0. The summed E-state index contributed by atoms with van der Waals surface area (Å²) in [5, 5.41) is 0. The summed E-state index contributed by atoms with van der Waals surface area (Å²) < 4.78 is 5.36. The Hall–Kier alpha value is -3.08. The van der Waals surface area contributed by atoms with Crippen molar-refractivity contribution in [2.45, 2.75) is 52.9 Å². The Morgan fingerprint density at radius 3 is 2.52 bits per heavy atom. The van der Waals surface area contributed by atoms with Gasteiger partial charge in [-0.3, -0.25) is 4.79 Å². The number of piperidine rings is 1. The standard InChI is InChI=1S/C28H37N3O2/c1-6-24(29-22(4)30-17-10-7-11-18-30)20-31(27-16-9-8-15-26(27)21(2)3)28(32)23-13-12-14-25(19-23)33-5/h6,8-9,12-16,19,21H,7,10-11,17-18,20H2,1-5H3/b24-6-,29-22?. The van der Waals surface area contributed by atoms with Crippen LogP contribution in [0, 0.1) is 0 Å². The number of rotatable bonds is 7. The number of likely N-dealkylation sites (tertiary alicyclic amines) is 1. The van der Waals surface area contributed by atoms with Gasteiger partial charge in [0.15, 0.2) is 0 Å². The highest BCUT2D eigenvalue weighted by molar-refractivity contribution is 6.07. The molecule has 0 bridgehead atoms. The highest BCUT2D eigenvalue weighted by atomic mass is 16.5. The first kappa shape index (κ1) is 24.6. The molecule has 0 aliphatic carbocycles. The first-order valence-corrected chi connectivity index (χ1v) is 11.9. The van der Waals surface area contributed by atoms with Crippen LogP contribution in [0.2, 0.25) is 0 Å².